The number of nitrogens with one attached hydrogen (secondary N) is 1. The molecule has 1 unspecified atom stereocenters. The van der Waals surface area contributed by atoms with E-state index in [0.717, 1.165) is 5.75 Å². The van der Waals surface area contributed by atoms with Crippen LogP contribution in [0.25, 0.3) is 0 Å². The van der Waals surface area contributed by atoms with Gasteiger partial charge in [-0.3, -0.25) is 4.79 Å². The summed E-state index contributed by atoms with van der Waals surface area (Å²) in [5, 5.41) is 2.75. The van der Waals surface area contributed by atoms with Gasteiger partial charge in [0.2, 0.25) is 5.91 Å². The summed E-state index contributed by atoms with van der Waals surface area (Å²) in [5.41, 5.74) is 4.81. The monoisotopic (exact) mass is 236 g/mol. The fourth-order valence-electron chi connectivity index (χ4n) is 1.24. The minimum Gasteiger partial charge on any atom is -0.489 e. The highest BCUT2D eigenvalue weighted by atomic mass is 16.5. The summed E-state index contributed by atoms with van der Waals surface area (Å²) in [7, 11) is 0. The Morgan fingerprint density at radius 1 is 1.41 bits per heavy atom. The molecule has 1 amide bonds. The van der Waals surface area contributed by atoms with Gasteiger partial charge in [-0.05, 0) is 32.9 Å². The summed E-state index contributed by atoms with van der Waals surface area (Å²) in [6.07, 6.45) is -0.0938. The molecule has 0 saturated heterocycles. The Bertz CT molecular complexity index is 357. The van der Waals surface area contributed by atoms with Crippen LogP contribution in [0.15, 0.2) is 30.3 Å². The molecule has 17 heavy (non-hydrogen) atoms. The molecular formula is C13H20N2O2. The van der Waals surface area contributed by atoms with E-state index in [2.05, 4.69) is 5.32 Å². The number of ether oxygens (including phenoxy) is 1. The van der Waals surface area contributed by atoms with Crippen LogP contribution in [0.1, 0.15) is 20.8 Å². The topological polar surface area (TPSA) is 64.4 Å². The first-order valence-corrected chi connectivity index (χ1v) is 5.68. The van der Waals surface area contributed by atoms with Crippen LogP contribution in [0.4, 0.5) is 0 Å². The van der Waals surface area contributed by atoms with Crippen LogP contribution in [-0.4, -0.2) is 24.1 Å². The molecule has 0 fully saturated rings. The van der Waals surface area contributed by atoms with Crippen molar-refractivity contribution in [2.45, 2.75) is 32.4 Å². The molecule has 0 spiro atoms. The summed E-state index contributed by atoms with van der Waals surface area (Å²) in [4.78, 5) is 11.5. The van der Waals surface area contributed by atoms with Crippen LogP contribution in [0, 0.1) is 0 Å². The number of carbonyl (C=O) groups is 1. The average Bonchev–Trinajstić information content (AvgIpc) is 2.26. The van der Waals surface area contributed by atoms with Crippen LogP contribution in [0.3, 0.4) is 0 Å². The number of hydrogen-bond acceptors (Lipinski definition) is 3. The molecule has 0 aliphatic rings. The highest BCUT2D eigenvalue weighted by Gasteiger charge is 2.21. The first-order chi connectivity index (χ1) is 7.89. The van der Waals surface area contributed by atoms with Crippen molar-refractivity contribution >= 4 is 5.91 Å². The molecule has 1 rings (SSSR count). The van der Waals surface area contributed by atoms with Gasteiger partial charge in [0.25, 0.3) is 0 Å². The number of para-hydroxylation sites is 1. The maximum atomic E-state index is 11.5. The predicted molar refractivity (Wildman–Crippen MR) is 67.8 cm³/mol. The van der Waals surface area contributed by atoms with Gasteiger partial charge in [-0.2, -0.15) is 0 Å². The fourth-order valence-corrected chi connectivity index (χ4v) is 1.24. The van der Waals surface area contributed by atoms with Gasteiger partial charge in [0.1, 0.15) is 11.9 Å². The third kappa shape index (κ3) is 4.87. The molecule has 3 N–H and O–H groups in total. The summed E-state index contributed by atoms with van der Waals surface area (Å²) in [5.74, 6) is 0.613. The van der Waals surface area contributed by atoms with Crippen molar-refractivity contribution in [1.29, 1.82) is 0 Å². The predicted octanol–water partition coefficient (Wildman–Crippen LogP) is 1.31. The summed E-state index contributed by atoms with van der Waals surface area (Å²) >= 11 is 0. The van der Waals surface area contributed by atoms with Gasteiger partial charge in [0, 0.05) is 0 Å². The van der Waals surface area contributed by atoms with Gasteiger partial charge < -0.3 is 15.8 Å². The number of nitrogens with two attached hydrogens (primary N) is 1. The number of benzene rings is 1. The van der Waals surface area contributed by atoms with Crippen molar-refractivity contribution in [2.24, 2.45) is 5.73 Å². The molecule has 0 bridgehead atoms. The molecule has 4 heteroatoms. The molecule has 1 aromatic carbocycles. The van der Waals surface area contributed by atoms with Crippen LogP contribution in [-0.2, 0) is 4.79 Å². The third-order valence-electron chi connectivity index (χ3n) is 2.22. The summed E-state index contributed by atoms with van der Waals surface area (Å²) < 4.78 is 5.62. The maximum absolute atomic E-state index is 11.5. The van der Waals surface area contributed by atoms with E-state index in [-0.39, 0.29) is 12.0 Å². The zero-order chi connectivity index (χ0) is 12.9. The lowest BCUT2D eigenvalue weighted by atomic mass is 10.1. The van der Waals surface area contributed by atoms with Crippen LogP contribution >= 0.6 is 0 Å². The Labute approximate surface area is 102 Å². The largest absolute Gasteiger partial charge is 0.489 e. The van der Waals surface area contributed by atoms with Crippen molar-refractivity contribution in [3.05, 3.63) is 30.3 Å². The van der Waals surface area contributed by atoms with Gasteiger partial charge in [0.05, 0.1) is 12.1 Å². The molecule has 1 aromatic rings. The number of carbonyl (C=O) groups excluding carboxylic acids is 1. The Hall–Kier alpha value is -1.55. The Morgan fingerprint density at radius 2 is 2.00 bits per heavy atom. The standard InChI is InChI=1S/C13H20N2O2/c1-10(9-15-12(16)13(2,3)14)17-11-7-5-4-6-8-11/h4-8,10H,9,14H2,1-3H3,(H,15,16). The van der Waals surface area contributed by atoms with Gasteiger partial charge in [-0.25, -0.2) is 0 Å². The molecule has 0 radical (unpaired) electrons. The van der Waals surface area contributed by atoms with Crippen LogP contribution < -0.4 is 15.8 Å². The van der Waals surface area contributed by atoms with Gasteiger partial charge in [0.15, 0.2) is 0 Å². The van der Waals surface area contributed by atoms with E-state index in [9.17, 15) is 4.79 Å². The second-order valence-corrected chi connectivity index (χ2v) is 4.67. The van der Waals surface area contributed by atoms with E-state index in [1.54, 1.807) is 13.8 Å². The van der Waals surface area contributed by atoms with Crippen LogP contribution in [0.5, 0.6) is 5.75 Å². The molecule has 0 aliphatic carbocycles. The number of hydrogen-bond donors (Lipinski definition) is 2. The normalized spacial score (nSPS) is 12.9. The number of rotatable bonds is 5. The third-order valence-corrected chi connectivity index (χ3v) is 2.22. The van der Waals surface area contributed by atoms with Crippen LogP contribution in [0.2, 0.25) is 0 Å². The second-order valence-electron chi connectivity index (χ2n) is 4.67. The van der Waals surface area contributed by atoms with E-state index in [0.29, 0.717) is 6.54 Å². The molecular weight excluding hydrogens is 216 g/mol. The average molecular weight is 236 g/mol. The highest BCUT2D eigenvalue weighted by molar-refractivity contribution is 5.85. The Balaban J connectivity index is 2.36. The Morgan fingerprint density at radius 3 is 2.53 bits per heavy atom. The van der Waals surface area contributed by atoms with Crippen molar-refractivity contribution < 1.29 is 9.53 Å². The van der Waals surface area contributed by atoms with E-state index in [4.69, 9.17) is 10.5 Å². The zero-order valence-electron chi connectivity index (χ0n) is 10.6. The van der Waals surface area contributed by atoms with Crippen molar-refractivity contribution in [3.63, 3.8) is 0 Å². The van der Waals surface area contributed by atoms with E-state index in [1.807, 2.05) is 37.3 Å². The lowest BCUT2D eigenvalue weighted by Gasteiger charge is -2.20. The zero-order valence-corrected chi connectivity index (χ0v) is 10.6. The first kappa shape index (κ1) is 13.5. The van der Waals surface area contributed by atoms with E-state index >= 15 is 0 Å². The summed E-state index contributed by atoms with van der Waals surface area (Å²) in [6, 6.07) is 9.50. The first-order valence-electron chi connectivity index (χ1n) is 5.68. The Kier molecular flexibility index (Phi) is 4.52. The quantitative estimate of drug-likeness (QED) is 0.810. The van der Waals surface area contributed by atoms with Gasteiger partial charge >= 0.3 is 0 Å². The summed E-state index contributed by atoms with van der Waals surface area (Å²) in [6.45, 7) is 5.68. The van der Waals surface area contributed by atoms with Gasteiger partial charge in [-0.15, -0.1) is 0 Å². The minimum absolute atomic E-state index is 0.0938. The molecule has 94 valence electrons. The number of amides is 1. The molecule has 0 aliphatic heterocycles. The van der Waals surface area contributed by atoms with Crippen molar-refractivity contribution in [2.75, 3.05) is 6.54 Å². The molecule has 0 saturated carbocycles. The second kappa shape index (κ2) is 5.68. The lowest BCUT2D eigenvalue weighted by Crippen LogP contribution is -2.50. The van der Waals surface area contributed by atoms with Crippen molar-refractivity contribution in [1.82, 2.24) is 5.32 Å². The fraction of sp³-hybridized carbons (Fsp3) is 0.462. The minimum atomic E-state index is -0.855. The molecule has 4 nitrogen and oxygen atoms in total. The maximum Gasteiger partial charge on any atom is 0.239 e. The molecule has 1 atom stereocenters. The molecule has 0 aromatic heterocycles. The lowest BCUT2D eigenvalue weighted by molar-refractivity contribution is -0.125. The van der Waals surface area contributed by atoms with E-state index < -0.39 is 5.54 Å². The smallest absolute Gasteiger partial charge is 0.239 e. The SMILES string of the molecule is CC(CNC(=O)C(C)(C)N)Oc1ccccc1. The highest BCUT2D eigenvalue weighted by Crippen LogP contribution is 2.10. The van der Waals surface area contributed by atoms with E-state index in [1.165, 1.54) is 0 Å². The van der Waals surface area contributed by atoms with Crippen molar-refractivity contribution in [3.8, 4) is 5.75 Å². The molecule has 0 heterocycles. The van der Waals surface area contributed by atoms with Gasteiger partial charge in [-0.1, -0.05) is 18.2 Å².